The van der Waals surface area contributed by atoms with Crippen molar-refractivity contribution in [2.45, 2.75) is 23.2 Å². The summed E-state index contributed by atoms with van der Waals surface area (Å²) in [6.07, 6.45) is 5.28. The molecule has 1 aromatic heterocycles. The van der Waals surface area contributed by atoms with Crippen molar-refractivity contribution in [2.75, 3.05) is 27.3 Å². The van der Waals surface area contributed by atoms with Crippen LogP contribution in [0.4, 0.5) is 0 Å². The Kier molecular flexibility index (Phi) is 6.21. The van der Waals surface area contributed by atoms with E-state index in [-0.39, 0.29) is 11.1 Å². The van der Waals surface area contributed by atoms with Crippen LogP contribution in [0.1, 0.15) is 18.4 Å². The van der Waals surface area contributed by atoms with Gasteiger partial charge in [-0.05, 0) is 36.6 Å². The molecule has 0 radical (unpaired) electrons. The first-order valence-corrected chi connectivity index (χ1v) is 10.7. The fraction of sp³-hybridized carbons (Fsp3) is 0.421. The minimum atomic E-state index is -3.56. The Morgan fingerprint density at radius 3 is 2.45 bits per heavy atom. The van der Waals surface area contributed by atoms with Crippen LogP contribution < -0.4 is 9.47 Å². The number of methoxy groups -OCH3 is 2. The minimum Gasteiger partial charge on any atom is -0.493 e. The summed E-state index contributed by atoms with van der Waals surface area (Å²) in [5.41, 5.74) is 0.802. The summed E-state index contributed by atoms with van der Waals surface area (Å²) in [6.45, 7) is 0.744. The van der Waals surface area contributed by atoms with E-state index >= 15 is 0 Å². The number of carbonyl (C=O) groups excluding carboxylic acids is 1. The van der Waals surface area contributed by atoms with Crippen LogP contribution >= 0.6 is 0 Å². The van der Waals surface area contributed by atoms with E-state index in [0.29, 0.717) is 37.4 Å². The third kappa shape index (κ3) is 4.42. The average molecular weight is 420 g/mol. The number of rotatable bonds is 6. The highest BCUT2D eigenvalue weighted by atomic mass is 32.2. The monoisotopic (exact) mass is 420 g/mol. The summed E-state index contributed by atoms with van der Waals surface area (Å²) in [6, 6.07) is 5.37. The van der Waals surface area contributed by atoms with Crippen LogP contribution in [0.2, 0.25) is 0 Å². The Morgan fingerprint density at radius 2 is 1.86 bits per heavy atom. The third-order valence-corrected chi connectivity index (χ3v) is 7.17. The first-order chi connectivity index (χ1) is 13.9. The van der Waals surface area contributed by atoms with E-state index in [9.17, 15) is 13.2 Å². The van der Waals surface area contributed by atoms with Crippen LogP contribution in [0.3, 0.4) is 0 Å². The molecule has 3 rings (SSSR count). The quantitative estimate of drug-likeness (QED) is 0.649. The van der Waals surface area contributed by atoms with Crippen molar-refractivity contribution in [3.05, 3.63) is 36.2 Å². The molecule has 0 spiro atoms. The molecule has 0 aliphatic carbocycles. The maximum absolute atomic E-state index is 12.7. The van der Waals surface area contributed by atoms with Gasteiger partial charge in [0.2, 0.25) is 20.9 Å². The highest BCUT2D eigenvalue weighted by molar-refractivity contribution is 7.91. The summed E-state index contributed by atoms with van der Waals surface area (Å²) >= 11 is 0. The highest BCUT2D eigenvalue weighted by Gasteiger charge is 2.35. The van der Waals surface area contributed by atoms with E-state index in [1.165, 1.54) is 17.0 Å². The van der Waals surface area contributed by atoms with E-state index in [2.05, 4.69) is 10.2 Å². The van der Waals surface area contributed by atoms with Gasteiger partial charge in [0.15, 0.2) is 11.5 Å². The zero-order chi connectivity index (χ0) is 21.0. The zero-order valence-electron chi connectivity index (χ0n) is 16.6. The predicted molar refractivity (Wildman–Crippen MR) is 106 cm³/mol. The molecular weight excluding hydrogens is 396 g/mol. The number of aromatic nitrogens is 3. The van der Waals surface area contributed by atoms with Gasteiger partial charge in [0.1, 0.15) is 6.33 Å². The molecule has 0 N–H and O–H groups in total. The van der Waals surface area contributed by atoms with Gasteiger partial charge in [-0.3, -0.25) is 4.79 Å². The SMILES string of the molecule is COc1ccc(C=CC(=O)N2CCC(S(=O)(=O)c3nncn3C)CC2)cc1OC. The van der Waals surface area contributed by atoms with E-state index < -0.39 is 15.1 Å². The van der Waals surface area contributed by atoms with Gasteiger partial charge in [0.05, 0.1) is 19.5 Å². The van der Waals surface area contributed by atoms with Crippen molar-refractivity contribution in [1.82, 2.24) is 19.7 Å². The molecule has 0 bridgehead atoms. The highest BCUT2D eigenvalue weighted by Crippen LogP contribution is 2.28. The maximum atomic E-state index is 12.7. The van der Waals surface area contributed by atoms with Gasteiger partial charge in [-0.2, -0.15) is 0 Å². The largest absolute Gasteiger partial charge is 0.493 e. The van der Waals surface area contributed by atoms with Gasteiger partial charge in [-0.25, -0.2) is 8.42 Å². The number of hydrogen-bond donors (Lipinski definition) is 0. The minimum absolute atomic E-state index is 0.0318. The topological polar surface area (TPSA) is 104 Å². The van der Waals surface area contributed by atoms with Crippen molar-refractivity contribution in [3.8, 4) is 11.5 Å². The van der Waals surface area contributed by atoms with Crippen LogP contribution in [0.25, 0.3) is 6.08 Å². The predicted octanol–water partition coefficient (Wildman–Crippen LogP) is 1.31. The number of sulfone groups is 1. The molecule has 1 aliphatic rings. The maximum Gasteiger partial charge on any atom is 0.249 e. The van der Waals surface area contributed by atoms with Crippen molar-refractivity contribution < 1.29 is 22.7 Å². The van der Waals surface area contributed by atoms with Gasteiger partial charge in [0, 0.05) is 26.2 Å². The first-order valence-electron chi connectivity index (χ1n) is 9.13. The average Bonchev–Trinajstić information content (AvgIpc) is 3.18. The molecule has 0 atom stereocenters. The van der Waals surface area contributed by atoms with Crippen molar-refractivity contribution >= 4 is 21.8 Å². The van der Waals surface area contributed by atoms with E-state index in [4.69, 9.17) is 9.47 Å². The van der Waals surface area contributed by atoms with Gasteiger partial charge >= 0.3 is 0 Å². The number of hydrogen-bond acceptors (Lipinski definition) is 7. The normalized spacial score (nSPS) is 15.6. The molecule has 2 heterocycles. The van der Waals surface area contributed by atoms with E-state index in [1.807, 2.05) is 6.07 Å². The smallest absolute Gasteiger partial charge is 0.249 e. The Hall–Kier alpha value is -2.88. The van der Waals surface area contributed by atoms with Crippen LogP contribution in [-0.2, 0) is 21.7 Å². The Morgan fingerprint density at radius 1 is 1.17 bits per heavy atom. The Labute approximate surface area is 169 Å². The number of nitrogens with zero attached hydrogens (tertiary/aromatic N) is 4. The van der Waals surface area contributed by atoms with E-state index in [0.717, 1.165) is 5.56 Å². The van der Waals surface area contributed by atoms with E-state index in [1.54, 1.807) is 44.4 Å². The molecule has 2 aromatic rings. The molecule has 1 aromatic carbocycles. The standard InChI is InChI=1S/C19H24N4O5S/c1-22-13-20-21-19(22)29(25,26)15-8-10-23(11-9-15)18(24)7-5-14-4-6-16(27-2)17(12-14)28-3/h4-7,12-13,15H,8-11H2,1-3H3. The fourth-order valence-electron chi connectivity index (χ4n) is 3.30. The second-order valence-corrected chi connectivity index (χ2v) is 8.86. The summed E-state index contributed by atoms with van der Waals surface area (Å²) in [5.74, 6) is 1.04. The van der Waals surface area contributed by atoms with Crippen LogP contribution in [-0.4, -0.2) is 66.5 Å². The molecule has 156 valence electrons. The molecule has 1 fully saturated rings. The lowest BCUT2D eigenvalue weighted by molar-refractivity contribution is -0.126. The van der Waals surface area contributed by atoms with Crippen LogP contribution in [0.5, 0.6) is 11.5 Å². The lowest BCUT2D eigenvalue weighted by atomic mass is 10.1. The number of benzene rings is 1. The number of amides is 1. The van der Waals surface area contributed by atoms with Crippen LogP contribution in [0.15, 0.2) is 35.8 Å². The molecule has 1 saturated heterocycles. The molecule has 10 heteroatoms. The van der Waals surface area contributed by atoms with Gasteiger partial charge < -0.3 is 18.9 Å². The van der Waals surface area contributed by atoms with Crippen molar-refractivity contribution in [1.29, 1.82) is 0 Å². The summed E-state index contributed by atoms with van der Waals surface area (Å²) < 4.78 is 37.3. The lowest BCUT2D eigenvalue weighted by Gasteiger charge is -2.30. The molecule has 1 aliphatic heterocycles. The Balaban J connectivity index is 1.62. The molecule has 1 amide bonds. The lowest BCUT2D eigenvalue weighted by Crippen LogP contribution is -2.42. The number of piperidine rings is 1. The van der Waals surface area contributed by atoms with Crippen LogP contribution in [0, 0.1) is 0 Å². The molecular formula is C19H24N4O5S. The van der Waals surface area contributed by atoms with Gasteiger partial charge in [0.25, 0.3) is 0 Å². The molecule has 9 nitrogen and oxygen atoms in total. The third-order valence-electron chi connectivity index (χ3n) is 4.94. The van der Waals surface area contributed by atoms with Gasteiger partial charge in [-0.15, -0.1) is 10.2 Å². The second kappa shape index (κ2) is 8.64. The zero-order valence-corrected chi connectivity index (χ0v) is 17.4. The number of ether oxygens (including phenoxy) is 2. The summed E-state index contributed by atoms with van der Waals surface area (Å²) in [4.78, 5) is 14.1. The summed E-state index contributed by atoms with van der Waals surface area (Å²) in [7, 11) is 1.15. The second-order valence-electron chi connectivity index (χ2n) is 6.74. The summed E-state index contributed by atoms with van der Waals surface area (Å²) in [5, 5.41) is 6.77. The van der Waals surface area contributed by atoms with Crippen molar-refractivity contribution in [3.63, 3.8) is 0 Å². The van der Waals surface area contributed by atoms with Crippen molar-refractivity contribution in [2.24, 2.45) is 7.05 Å². The number of aryl methyl sites for hydroxylation is 1. The fourth-order valence-corrected chi connectivity index (χ4v) is 5.03. The molecule has 29 heavy (non-hydrogen) atoms. The number of carbonyl (C=O) groups is 1. The van der Waals surface area contributed by atoms with Gasteiger partial charge in [-0.1, -0.05) is 6.07 Å². The molecule has 0 unspecified atom stereocenters. The Bertz CT molecular complexity index is 1010. The first kappa shape index (κ1) is 20.8. The number of likely N-dealkylation sites (tertiary alicyclic amines) is 1. The molecule has 0 saturated carbocycles.